The van der Waals surface area contributed by atoms with Gasteiger partial charge in [-0.1, -0.05) is 6.92 Å². The molecule has 3 aromatic rings. The van der Waals surface area contributed by atoms with Crippen molar-refractivity contribution in [3.05, 3.63) is 52.7 Å². The molecule has 0 saturated carbocycles. The second-order valence-electron chi connectivity index (χ2n) is 7.52. The lowest BCUT2D eigenvalue weighted by atomic mass is 9.91. The summed E-state index contributed by atoms with van der Waals surface area (Å²) in [6.07, 6.45) is -4.65. The molecule has 1 saturated heterocycles. The molecule has 31 heavy (non-hydrogen) atoms. The normalized spacial score (nSPS) is 26.1. The Labute approximate surface area is 176 Å². The van der Waals surface area contributed by atoms with Crippen LogP contribution in [0.2, 0.25) is 0 Å². The fourth-order valence-electron chi connectivity index (χ4n) is 3.59. The predicted molar refractivity (Wildman–Crippen MR) is 109 cm³/mol. The average Bonchev–Trinajstić information content (AvgIpc) is 2.74. The standard InChI is InChI=1S/C22H22O9/c1-10-18(9-23)31-22(21(28)20(10)27)29-13-6-14(25)19-15(26)8-16(30-17(19)7-13)11-2-4-12(24)5-3-11/h2-8,10,18,20-25,27-28H,9H2,1H3/t10-,18-,20+,21-,22-/m1/s1. The number of aliphatic hydroxyl groups is 3. The zero-order chi connectivity index (χ0) is 22.3. The van der Waals surface area contributed by atoms with Gasteiger partial charge in [-0.15, -0.1) is 0 Å². The number of ether oxygens (including phenoxy) is 2. The smallest absolute Gasteiger partial charge is 0.229 e. The van der Waals surface area contributed by atoms with Crippen LogP contribution in [-0.2, 0) is 4.74 Å². The number of rotatable bonds is 4. The molecule has 1 aliphatic rings. The first-order valence-corrected chi connectivity index (χ1v) is 9.68. The number of hydrogen-bond acceptors (Lipinski definition) is 9. The van der Waals surface area contributed by atoms with Gasteiger partial charge in [0.25, 0.3) is 0 Å². The van der Waals surface area contributed by atoms with Crippen molar-refractivity contribution in [3.8, 4) is 28.6 Å². The Kier molecular flexibility index (Phi) is 5.59. The van der Waals surface area contributed by atoms with E-state index in [4.69, 9.17) is 13.9 Å². The highest BCUT2D eigenvalue weighted by Gasteiger charge is 2.43. The van der Waals surface area contributed by atoms with Crippen molar-refractivity contribution >= 4 is 11.0 Å². The number of aromatic hydroxyl groups is 2. The van der Waals surface area contributed by atoms with Crippen molar-refractivity contribution < 1.29 is 39.4 Å². The van der Waals surface area contributed by atoms with E-state index in [0.717, 1.165) is 0 Å². The van der Waals surface area contributed by atoms with Crippen LogP contribution in [0.15, 0.2) is 51.7 Å². The Morgan fingerprint density at radius 1 is 1.03 bits per heavy atom. The van der Waals surface area contributed by atoms with E-state index in [1.165, 1.54) is 30.3 Å². The van der Waals surface area contributed by atoms with Crippen LogP contribution in [-0.4, -0.2) is 56.7 Å². The van der Waals surface area contributed by atoms with E-state index in [0.29, 0.717) is 5.56 Å². The predicted octanol–water partition coefficient (Wildman–Crippen LogP) is 1.33. The highest BCUT2D eigenvalue weighted by Crippen LogP contribution is 2.34. The van der Waals surface area contributed by atoms with Gasteiger partial charge in [-0.3, -0.25) is 4.79 Å². The maximum Gasteiger partial charge on any atom is 0.229 e. The molecule has 9 nitrogen and oxygen atoms in total. The van der Waals surface area contributed by atoms with Crippen LogP contribution in [0.1, 0.15) is 6.92 Å². The summed E-state index contributed by atoms with van der Waals surface area (Å²) in [5.41, 5.74) is 0.0898. The molecular formula is C22H22O9. The molecule has 164 valence electrons. The molecule has 0 spiro atoms. The molecule has 1 aliphatic heterocycles. The summed E-state index contributed by atoms with van der Waals surface area (Å²) in [6, 6.07) is 9.80. The topological polar surface area (TPSA) is 150 Å². The molecule has 5 N–H and O–H groups in total. The van der Waals surface area contributed by atoms with E-state index >= 15 is 0 Å². The minimum Gasteiger partial charge on any atom is -0.508 e. The van der Waals surface area contributed by atoms with Crippen molar-refractivity contribution in [3.63, 3.8) is 0 Å². The summed E-state index contributed by atoms with van der Waals surface area (Å²) >= 11 is 0. The number of benzene rings is 2. The van der Waals surface area contributed by atoms with Crippen LogP contribution in [0.25, 0.3) is 22.3 Å². The highest BCUT2D eigenvalue weighted by molar-refractivity contribution is 5.86. The van der Waals surface area contributed by atoms with E-state index < -0.39 is 41.7 Å². The summed E-state index contributed by atoms with van der Waals surface area (Å²) < 4.78 is 16.9. The third kappa shape index (κ3) is 3.96. The Hall–Kier alpha value is -3.11. The van der Waals surface area contributed by atoms with Crippen molar-refractivity contribution in [2.75, 3.05) is 6.61 Å². The van der Waals surface area contributed by atoms with Crippen molar-refractivity contribution in [2.45, 2.75) is 31.5 Å². The van der Waals surface area contributed by atoms with Gasteiger partial charge in [0.05, 0.1) is 18.8 Å². The Morgan fingerprint density at radius 3 is 2.42 bits per heavy atom. The van der Waals surface area contributed by atoms with Crippen LogP contribution < -0.4 is 10.2 Å². The Balaban J connectivity index is 1.71. The lowest BCUT2D eigenvalue weighted by Gasteiger charge is -2.40. The molecule has 0 unspecified atom stereocenters. The van der Waals surface area contributed by atoms with Crippen LogP contribution in [0, 0.1) is 5.92 Å². The lowest BCUT2D eigenvalue weighted by molar-refractivity contribution is -0.260. The monoisotopic (exact) mass is 430 g/mol. The molecule has 0 radical (unpaired) electrons. The molecule has 4 rings (SSSR count). The molecular weight excluding hydrogens is 408 g/mol. The summed E-state index contributed by atoms with van der Waals surface area (Å²) in [5, 5.41) is 49.7. The van der Waals surface area contributed by atoms with E-state index in [-0.39, 0.29) is 34.8 Å². The van der Waals surface area contributed by atoms with E-state index in [2.05, 4.69) is 0 Å². The van der Waals surface area contributed by atoms with Crippen molar-refractivity contribution in [2.24, 2.45) is 5.92 Å². The fourth-order valence-corrected chi connectivity index (χ4v) is 3.59. The molecule has 1 fully saturated rings. The third-order valence-electron chi connectivity index (χ3n) is 5.43. The highest BCUT2D eigenvalue weighted by atomic mass is 16.7. The molecule has 2 heterocycles. The second-order valence-corrected chi connectivity index (χ2v) is 7.52. The molecule has 0 amide bonds. The van der Waals surface area contributed by atoms with Gasteiger partial charge >= 0.3 is 0 Å². The van der Waals surface area contributed by atoms with E-state index in [1.54, 1.807) is 19.1 Å². The van der Waals surface area contributed by atoms with Gasteiger partial charge in [0, 0.05) is 29.7 Å². The SMILES string of the molecule is C[C@H]1[C@H](O)[C@@H](O)[C@H](Oc2cc(O)c3c(=O)cc(-c4ccc(O)cc4)oc3c2)O[C@@H]1CO. The third-order valence-corrected chi connectivity index (χ3v) is 5.43. The molecule has 2 aromatic carbocycles. The number of phenolic OH excluding ortho intramolecular Hbond substituents is 2. The first kappa shape index (κ1) is 21.1. The number of fused-ring (bicyclic) bond motifs is 1. The summed E-state index contributed by atoms with van der Waals surface area (Å²) in [7, 11) is 0. The fraction of sp³-hybridized carbons (Fsp3) is 0.318. The number of phenols is 2. The molecule has 1 aromatic heterocycles. The first-order chi connectivity index (χ1) is 14.8. The van der Waals surface area contributed by atoms with Crippen LogP contribution in [0.4, 0.5) is 0 Å². The minimum absolute atomic E-state index is 0.0264. The van der Waals surface area contributed by atoms with Crippen LogP contribution in [0.5, 0.6) is 17.2 Å². The maximum absolute atomic E-state index is 12.5. The zero-order valence-electron chi connectivity index (χ0n) is 16.5. The van der Waals surface area contributed by atoms with Gasteiger partial charge < -0.3 is 39.4 Å². The van der Waals surface area contributed by atoms with Crippen LogP contribution in [0.3, 0.4) is 0 Å². The van der Waals surface area contributed by atoms with Crippen molar-refractivity contribution in [1.29, 1.82) is 0 Å². The largest absolute Gasteiger partial charge is 0.508 e. The second kappa shape index (κ2) is 8.20. The van der Waals surface area contributed by atoms with E-state index in [9.17, 15) is 30.3 Å². The average molecular weight is 430 g/mol. The van der Waals surface area contributed by atoms with Gasteiger partial charge in [0.1, 0.15) is 40.1 Å². The summed E-state index contributed by atoms with van der Waals surface area (Å²) in [4.78, 5) is 12.5. The van der Waals surface area contributed by atoms with Gasteiger partial charge in [0.2, 0.25) is 6.29 Å². The lowest BCUT2D eigenvalue weighted by Crippen LogP contribution is -2.56. The van der Waals surface area contributed by atoms with Gasteiger partial charge in [0.15, 0.2) is 5.43 Å². The molecule has 5 atom stereocenters. The summed E-state index contributed by atoms with van der Waals surface area (Å²) in [5.74, 6) is -0.609. The zero-order valence-corrected chi connectivity index (χ0v) is 16.5. The molecule has 0 aliphatic carbocycles. The summed E-state index contributed by atoms with van der Waals surface area (Å²) in [6.45, 7) is 1.25. The minimum atomic E-state index is -1.40. The van der Waals surface area contributed by atoms with Crippen LogP contribution >= 0.6 is 0 Å². The number of hydrogen-bond donors (Lipinski definition) is 5. The first-order valence-electron chi connectivity index (χ1n) is 9.68. The Morgan fingerprint density at radius 2 is 1.74 bits per heavy atom. The van der Waals surface area contributed by atoms with E-state index in [1.807, 2.05) is 0 Å². The molecule has 0 bridgehead atoms. The van der Waals surface area contributed by atoms with Crippen molar-refractivity contribution in [1.82, 2.24) is 0 Å². The van der Waals surface area contributed by atoms with Gasteiger partial charge in [-0.25, -0.2) is 0 Å². The quantitative estimate of drug-likeness (QED) is 0.413. The maximum atomic E-state index is 12.5. The number of aliphatic hydroxyl groups excluding tert-OH is 3. The Bertz CT molecular complexity index is 1140. The van der Waals surface area contributed by atoms with Gasteiger partial charge in [-0.05, 0) is 24.3 Å². The van der Waals surface area contributed by atoms with Gasteiger partial charge in [-0.2, -0.15) is 0 Å². The molecule has 9 heteroatoms.